The molecule has 1 saturated heterocycles. The maximum Gasteiger partial charge on any atom is 0.242 e. The number of hydrogen-bond acceptors (Lipinski definition) is 6. The zero-order chi connectivity index (χ0) is 13.9. The van der Waals surface area contributed by atoms with Crippen LogP contribution in [-0.2, 0) is 14.8 Å². The second-order valence-electron chi connectivity index (χ2n) is 4.48. The number of anilines is 1. The standard InChI is InChI=1S/C11H18N4O3S/c1-8(10-3-2-6-18-10)15-19(16,17)9-4-5-11(14-12)13-7-9/h4-5,7-8,10,15H,2-3,6,12H2,1H3,(H,13,14). The zero-order valence-electron chi connectivity index (χ0n) is 10.7. The Morgan fingerprint density at radius 3 is 2.84 bits per heavy atom. The number of nitrogen functional groups attached to an aromatic ring is 1. The predicted molar refractivity (Wildman–Crippen MR) is 70.8 cm³/mol. The molecular weight excluding hydrogens is 268 g/mol. The van der Waals surface area contributed by atoms with Crippen molar-refractivity contribution < 1.29 is 13.2 Å². The lowest BCUT2D eigenvalue weighted by Crippen LogP contribution is -2.40. The number of sulfonamides is 1. The van der Waals surface area contributed by atoms with Crippen molar-refractivity contribution in [3.63, 3.8) is 0 Å². The summed E-state index contributed by atoms with van der Waals surface area (Å²) in [5, 5.41) is 0. The number of rotatable bonds is 5. The van der Waals surface area contributed by atoms with Crippen molar-refractivity contribution in [1.82, 2.24) is 9.71 Å². The Morgan fingerprint density at radius 1 is 1.53 bits per heavy atom. The van der Waals surface area contributed by atoms with E-state index in [-0.39, 0.29) is 17.0 Å². The quantitative estimate of drug-likeness (QED) is 0.528. The predicted octanol–water partition coefficient (Wildman–Crippen LogP) is 0.213. The second kappa shape index (κ2) is 5.83. The average Bonchev–Trinajstić information content (AvgIpc) is 2.92. The smallest absolute Gasteiger partial charge is 0.242 e. The van der Waals surface area contributed by atoms with Crippen molar-refractivity contribution in [2.24, 2.45) is 5.84 Å². The molecule has 0 saturated carbocycles. The fourth-order valence-electron chi connectivity index (χ4n) is 2.01. The minimum atomic E-state index is -3.58. The van der Waals surface area contributed by atoms with Crippen LogP contribution in [0.5, 0.6) is 0 Å². The Morgan fingerprint density at radius 2 is 2.32 bits per heavy atom. The van der Waals surface area contributed by atoms with Gasteiger partial charge in [0.1, 0.15) is 10.7 Å². The van der Waals surface area contributed by atoms with Gasteiger partial charge in [0.05, 0.1) is 6.10 Å². The van der Waals surface area contributed by atoms with E-state index in [1.165, 1.54) is 18.3 Å². The lowest BCUT2D eigenvalue weighted by atomic mass is 10.1. The molecule has 0 aliphatic carbocycles. The summed E-state index contributed by atoms with van der Waals surface area (Å²) in [4.78, 5) is 3.99. The molecule has 1 aliphatic heterocycles. The van der Waals surface area contributed by atoms with Gasteiger partial charge in [-0.1, -0.05) is 0 Å². The fraction of sp³-hybridized carbons (Fsp3) is 0.545. The van der Waals surface area contributed by atoms with Gasteiger partial charge >= 0.3 is 0 Å². The highest BCUT2D eigenvalue weighted by Gasteiger charge is 2.27. The molecule has 4 N–H and O–H groups in total. The summed E-state index contributed by atoms with van der Waals surface area (Å²) in [7, 11) is -3.58. The number of pyridine rings is 1. The SMILES string of the molecule is CC(NS(=O)(=O)c1ccc(NN)nc1)C1CCCO1. The largest absolute Gasteiger partial charge is 0.377 e. The Balaban J connectivity index is 2.08. The number of nitrogens with two attached hydrogens (primary N) is 1. The van der Waals surface area contributed by atoms with Crippen molar-refractivity contribution in [2.75, 3.05) is 12.0 Å². The van der Waals surface area contributed by atoms with E-state index in [2.05, 4.69) is 15.1 Å². The molecule has 8 heteroatoms. The van der Waals surface area contributed by atoms with Crippen molar-refractivity contribution in [1.29, 1.82) is 0 Å². The van der Waals surface area contributed by atoms with Crippen LogP contribution in [-0.4, -0.2) is 32.2 Å². The number of nitrogens with one attached hydrogen (secondary N) is 2. The number of hydrogen-bond donors (Lipinski definition) is 3. The molecule has 1 aromatic heterocycles. The highest BCUT2D eigenvalue weighted by molar-refractivity contribution is 7.89. The highest BCUT2D eigenvalue weighted by Crippen LogP contribution is 2.17. The summed E-state index contributed by atoms with van der Waals surface area (Å²) in [5.74, 6) is 5.59. The van der Waals surface area contributed by atoms with Gasteiger partial charge in [-0.25, -0.2) is 24.0 Å². The first-order chi connectivity index (χ1) is 9.03. The van der Waals surface area contributed by atoms with E-state index in [9.17, 15) is 8.42 Å². The van der Waals surface area contributed by atoms with E-state index in [1.807, 2.05) is 0 Å². The average molecular weight is 286 g/mol. The number of aromatic nitrogens is 1. The van der Waals surface area contributed by atoms with Gasteiger partial charge in [0.25, 0.3) is 0 Å². The van der Waals surface area contributed by atoms with E-state index in [1.54, 1.807) is 6.92 Å². The normalized spacial score (nSPS) is 21.3. The molecule has 0 bridgehead atoms. The van der Waals surface area contributed by atoms with Crippen molar-refractivity contribution in [2.45, 2.75) is 36.8 Å². The molecule has 2 unspecified atom stereocenters. The Kier molecular flexibility index (Phi) is 4.35. The Bertz CT molecular complexity index is 511. The van der Waals surface area contributed by atoms with Crippen molar-refractivity contribution >= 4 is 15.8 Å². The summed E-state index contributed by atoms with van der Waals surface area (Å²) >= 11 is 0. The molecule has 0 radical (unpaired) electrons. The van der Waals surface area contributed by atoms with Gasteiger partial charge in [-0.3, -0.25) is 0 Å². The van der Waals surface area contributed by atoms with Gasteiger partial charge in [0, 0.05) is 18.8 Å². The molecule has 106 valence electrons. The summed E-state index contributed by atoms with van der Waals surface area (Å²) < 4.78 is 32.4. The fourth-order valence-corrected chi connectivity index (χ4v) is 3.23. The summed E-state index contributed by atoms with van der Waals surface area (Å²) in [6, 6.07) is 2.69. The lowest BCUT2D eigenvalue weighted by molar-refractivity contribution is 0.0902. The third kappa shape index (κ3) is 3.41. The Hall–Kier alpha value is -1.22. The molecule has 0 amide bonds. The van der Waals surface area contributed by atoms with Crippen LogP contribution in [0.3, 0.4) is 0 Å². The van der Waals surface area contributed by atoms with E-state index >= 15 is 0 Å². The Labute approximate surface area is 112 Å². The van der Waals surface area contributed by atoms with Crippen LogP contribution >= 0.6 is 0 Å². The first-order valence-corrected chi connectivity index (χ1v) is 7.58. The van der Waals surface area contributed by atoms with Crippen LogP contribution in [0.25, 0.3) is 0 Å². The molecular formula is C11H18N4O3S. The van der Waals surface area contributed by atoms with Gasteiger partial charge in [0.2, 0.25) is 10.0 Å². The number of hydrazine groups is 1. The zero-order valence-corrected chi connectivity index (χ0v) is 11.5. The van der Waals surface area contributed by atoms with Crippen LogP contribution in [0.1, 0.15) is 19.8 Å². The first-order valence-electron chi connectivity index (χ1n) is 6.09. The third-order valence-corrected chi connectivity index (χ3v) is 4.60. The molecule has 0 spiro atoms. The highest BCUT2D eigenvalue weighted by atomic mass is 32.2. The van der Waals surface area contributed by atoms with Crippen LogP contribution in [0, 0.1) is 0 Å². The van der Waals surface area contributed by atoms with Gasteiger partial charge in [-0.05, 0) is 31.9 Å². The second-order valence-corrected chi connectivity index (χ2v) is 6.20. The maximum atomic E-state index is 12.1. The van der Waals surface area contributed by atoms with E-state index in [0.29, 0.717) is 12.4 Å². The molecule has 2 rings (SSSR count). The van der Waals surface area contributed by atoms with Crippen LogP contribution in [0.4, 0.5) is 5.82 Å². The molecule has 0 aromatic carbocycles. The monoisotopic (exact) mass is 286 g/mol. The minimum absolute atomic E-state index is 0.0623. The molecule has 7 nitrogen and oxygen atoms in total. The summed E-state index contributed by atoms with van der Waals surface area (Å²) in [6.45, 7) is 2.49. The summed E-state index contributed by atoms with van der Waals surface area (Å²) in [5.41, 5.74) is 2.34. The molecule has 1 aliphatic rings. The molecule has 19 heavy (non-hydrogen) atoms. The first kappa shape index (κ1) is 14.2. The topological polar surface area (TPSA) is 106 Å². The lowest BCUT2D eigenvalue weighted by Gasteiger charge is -2.19. The number of ether oxygens (including phenoxy) is 1. The van der Waals surface area contributed by atoms with Gasteiger partial charge < -0.3 is 10.2 Å². The van der Waals surface area contributed by atoms with Gasteiger partial charge in [-0.15, -0.1) is 0 Å². The number of nitrogens with zero attached hydrogens (tertiary/aromatic N) is 1. The van der Waals surface area contributed by atoms with E-state index in [4.69, 9.17) is 10.6 Å². The molecule has 2 atom stereocenters. The molecule has 1 fully saturated rings. The van der Waals surface area contributed by atoms with Gasteiger partial charge in [-0.2, -0.15) is 0 Å². The minimum Gasteiger partial charge on any atom is -0.377 e. The van der Waals surface area contributed by atoms with Crippen LogP contribution in [0.2, 0.25) is 0 Å². The molecule has 1 aromatic rings. The van der Waals surface area contributed by atoms with E-state index in [0.717, 1.165) is 12.8 Å². The van der Waals surface area contributed by atoms with E-state index < -0.39 is 10.0 Å². The van der Waals surface area contributed by atoms with Crippen molar-refractivity contribution in [3.8, 4) is 0 Å². The molecule has 2 heterocycles. The van der Waals surface area contributed by atoms with Crippen molar-refractivity contribution in [3.05, 3.63) is 18.3 Å². The third-order valence-electron chi connectivity index (χ3n) is 3.06. The van der Waals surface area contributed by atoms with Crippen LogP contribution < -0.4 is 16.0 Å². The summed E-state index contributed by atoms with van der Waals surface area (Å²) in [6.07, 6.45) is 3.04. The van der Waals surface area contributed by atoms with Gasteiger partial charge in [0.15, 0.2) is 0 Å². The van der Waals surface area contributed by atoms with Crippen LogP contribution in [0.15, 0.2) is 23.2 Å². The maximum absolute atomic E-state index is 12.1.